The van der Waals surface area contributed by atoms with E-state index >= 15 is 0 Å². The maximum Gasteiger partial charge on any atom is 0.433 e. The van der Waals surface area contributed by atoms with Gasteiger partial charge in [-0.1, -0.05) is 19.4 Å². The number of anilines is 2. The van der Waals surface area contributed by atoms with Crippen molar-refractivity contribution in [3.05, 3.63) is 59.7 Å². The Bertz CT molecular complexity index is 1370. The lowest BCUT2D eigenvalue weighted by Gasteiger charge is -2.12. The molecular weight excluding hydrogens is 471 g/mol. The van der Waals surface area contributed by atoms with E-state index in [0.717, 1.165) is 18.4 Å². The van der Waals surface area contributed by atoms with Gasteiger partial charge in [0.15, 0.2) is 17.2 Å². The SMILES string of the molecule is CCCCC(=O)CCC(=O)c1ccc(Nc2nccn3c(C4=CCN=C4C(F)(F)F)cnc23)cc1C. The van der Waals surface area contributed by atoms with Gasteiger partial charge in [-0.15, -0.1) is 0 Å². The molecule has 10 heteroatoms. The molecule has 0 saturated carbocycles. The molecule has 7 nitrogen and oxygen atoms in total. The first-order valence-corrected chi connectivity index (χ1v) is 11.8. The Morgan fingerprint density at radius 3 is 2.67 bits per heavy atom. The van der Waals surface area contributed by atoms with Crippen LogP contribution < -0.4 is 5.32 Å². The Morgan fingerprint density at radius 1 is 1.14 bits per heavy atom. The largest absolute Gasteiger partial charge is 0.433 e. The molecule has 0 radical (unpaired) electrons. The first kappa shape index (κ1) is 25.3. The van der Waals surface area contributed by atoms with Crippen LogP contribution >= 0.6 is 0 Å². The standard InChI is InChI=1S/C26H26F3N5O2/c1-3-4-5-18(35)7-9-22(36)19-8-6-17(14-16(19)2)33-24-25-32-15-21(34(25)13-12-31-24)20-10-11-30-23(20)26(27,28)29/h6,8,10,12-15H,3-5,7,9,11H2,1-2H3,(H,31,33). The summed E-state index contributed by atoms with van der Waals surface area (Å²) in [4.78, 5) is 36.7. The van der Waals surface area contributed by atoms with Crippen LogP contribution in [0.5, 0.6) is 0 Å². The van der Waals surface area contributed by atoms with Crippen molar-refractivity contribution in [1.82, 2.24) is 14.4 Å². The zero-order chi connectivity index (χ0) is 25.9. The Balaban J connectivity index is 1.52. The first-order chi connectivity index (χ1) is 17.2. The number of Topliss-reactive ketones (excluding diaryl/α,β-unsaturated/α-hetero) is 2. The minimum absolute atomic E-state index is 0.0148. The molecule has 4 rings (SSSR count). The number of ketones is 2. The summed E-state index contributed by atoms with van der Waals surface area (Å²) in [5.74, 6) is 0.364. The second kappa shape index (κ2) is 10.4. The molecule has 0 unspecified atom stereocenters. The monoisotopic (exact) mass is 497 g/mol. The van der Waals surface area contributed by atoms with E-state index in [1.54, 1.807) is 24.4 Å². The maximum atomic E-state index is 13.4. The van der Waals surface area contributed by atoms with E-state index in [4.69, 9.17) is 0 Å². The van der Waals surface area contributed by atoms with Crippen LogP contribution in [0.2, 0.25) is 0 Å². The van der Waals surface area contributed by atoms with E-state index in [1.807, 2.05) is 13.8 Å². The molecule has 0 aliphatic carbocycles. The summed E-state index contributed by atoms with van der Waals surface area (Å²) in [6.07, 6.45) is 3.95. The lowest BCUT2D eigenvalue weighted by Crippen LogP contribution is -2.23. The molecule has 188 valence electrons. The molecule has 0 saturated heterocycles. The highest BCUT2D eigenvalue weighted by Crippen LogP contribution is 2.32. The molecule has 0 amide bonds. The van der Waals surface area contributed by atoms with E-state index in [1.165, 1.54) is 22.9 Å². The van der Waals surface area contributed by atoms with E-state index in [-0.39, 0.29) is 42.2 Å². The number of rotatable bonds is 10. The van der Waals surface area contributed by atoms with Crippen LogP contribution in [0.25, 0.3) is 11.2 Å². The number of carbonyl (C=O) groups excluding carboxylic acids is 2. The average Bonchev–Trinajstić information content (AvgIpc) is 3.49. The summed E-state index contributed by atoms with van der Waals surface area (Å²) < 4.78 is 41.6. The van der Waals surface area contributed by atoms with Crippen molar-refractivity contribution in [3.63, 3.8) is 0 Å². The molecule has 0 bridgehead atoms. The summed E-state index contributed by atoms with van der Waals surface area (Å²) in [6, 6.07) is 5.21. The molecule has 3 aromatic rings. The first-order valence-electron chi connectivity index (χ1n) is 11.8. The molecule has 1 aliphatic rings. The normalized spacial score (nSPS) is 13.6. The van der Waals surface area contributed by atoms with Gasteiger partial charge in [-0.25, -0.2) is 9.97 Å². The number of carbonyl (C=O) groups is 2. The summed E-state index contributed by atoms with van der Waals surface area (Å²) in [5, 5.41) is 3.14. The molecular formula is C26H26F3N5O2. The molecule has 0 atom stereocenters. The van der Waals surface area contributed by atoms with Gasteiger partial charge in [-0.3, -0.25) is 19.0 Å². The number of fused-ring (bicyclic) bond motifs is 1. The van der Waals surface area contributed by atoms with Crippen LogP contribution in [0, 0.1) is 6.92 Å². The third kappa shape index (κ3) is 5.37. The van der Waals surface area contributed by atoms with Gasteiger partial charge in [0.2, 0.25) is 0 Å². The highest BCUT2D eigenvalue weighted by Gasteiger charge is 2.40. The molecule has 0 fully saturated rings. The van der Waals surface area contributed by atoms with Gasteiger partial charge in [0.05, 0.1) is 18.4 Å². The van der Waals surface area contributed by atoms with Crippen LogP contribution in [0.4, 0.5) is 24.7 Å². The number of hydrogen-bond donors (Lipinski definition) is 1. The Kier molecular flexibility index (Phi) is 7.32. The highest BCUT2D eigenvalue weighted by atomic mass is 19.4. The van der Waals surface area contributed by atoms with Crippen molar-refractivity contribution in [2.24, 2.45) is 4.99 Å². The Morgan fingerprint density at radius 2 is 1.94 bits per heavy atom. The summed E-state index contributed by atoms with van der Waals surface area (Å²) >= 11 is 0. The van der Waals surface area contributed by atoms with Crippen molar-refractivity contribution in [2.75, 3.05) is 11.9 Å². The van der Waals surface area contributed by atoms with Crippen molar-refractivity contribution < 1.29 is 22.8 Å². The van der Waals surface area contributed by atoms with Gasteiger partial charge in [-0.05, 0) is 37.1 Å². The van der Waals surface area contributed by atoms with Crippen molar-refractivity contribution in [1.29, 1.82) is 0 Å². The number of hydrogen-bond acceptors (Lipinski definition) is 6. The fourth-order valence-corrected chi connectivity index (χ4v) is 4.16. The average molecular weight is 498 g/mol. The molecule has 1 aromatic carbocycles. The van der Waals surface area contributed by atoms with Crippen LogP contribution in [0.3, 0.4) is 0 Å². The number of aromatic nitrogens is 3. The Labute approximate surface area is 206 Å². The number of halogens is 3. The zero-order valence-corrected chi connectivity index (χ0v) is 20.0. The highest BCUT2D eigenvalue weighted by molar-refractivity contribution is 6.27. The molecule has 1 N–H and O–H groups in total. The van der Waals surface area contributed by atoms with Crippen molar-refractivity contribution in [2.45, 2.75) is 52.1 Å². The third-order valence-electron chi connectivity index (χ3n) is 6.00. The molecule has 36 heavy (non-hydrogen) atoms. The Hall–Kier alpha value is -3.82. The lowest BCUT2D eigenvalue weighted by atomic mass is 9.99. The van der Waals surface area contributed by atoms with E-state index in [9.17, 15) is 22.8 Å². The summed E-state index contributed by atoms with van der Waals surface area (Å²) in [5.41, 5.74) is 1.62. The quantitative estimate of drug-likeness (QED) is 0.352. The predicted octanol–water partition coefficient (Wildman–Crippen LogP) is 5.90. The topological polar surface area (TPSA) is 88.7 Å². The van der Waals surface area contributed by atoms with Gasteiger partial charge in [0.25, 0.3) is 0 Å². The van der Waals surface area contributed by atoms with Crippen LogP contribution in [-0.2, 0) is 4.79 Å². The number of benzene rings is 1. The van der Waals surface area contributed by atoms with Crippen LogP contribution in [-0.4, -0.2) is 44.4 Å². The van der Waals surface area contributed by atoms with Crippen LogP contribution in [0.1, 0.15) is 60.6 Å². The minimum Gasteiger partial charge on any atom is -0.337 e. The number of aryl methyl sites for hydroxylation is 1. The second-order valence-corrected chi connectivity index (χ2v) is 8.64. The number of aliphatic imine (C=N–C) groups is 1. The lowest BCUT2D eigenvalue weighted by molar-refractivity contribution is -0.119. The molecule has 0 spiro atoms. The number of imidazole rings is 1. The van der Waals surface area contributed by atoms with Gasteiger partial charge in [0, 0.05) is 48.5 Å². The van der Waals surface area contributed by atoms with Gasteiger partial charge >= 0.3 is 6.18 Å². The number of alkyl halides is 3. The van der Waals surface area contributed by atoms with Gasteiger partial charge in [0.1, 0.15) is 11.5 Å². The summed E-state index contributed by atoms with van der Waals surface area (Å²) in [7, 11) is 0. The van der Waals surface area contributed by atoms with E-state index < -0.39 is 11.9 Å². The minimum atomic E-state index is -4.56. The number of allylic oxidation sites excluding steroid dienone is 1. The molecule has 1 aliphatic heterocycles. The third-order valence-corrected chi connectivity index (χ3v) is 6.00. The van der Waals surface area contributed by atoms with Crippen molar-refractivity contribution >= 4 is 40.0 Å². The fraction of sp³-hybridized carbons (Fsp3) is 0.346. The molecule has 3 heterocycles. The van der Waals surface area contributed by atoms with Gasteiger partial charge in [-0.2, -0.15) is 13.2 Å². The summed E-state index contributed by atoms with van der Waals surface area (Å²) in [6.45, 7) is 3.79. The maximum absolute atomic E-state index is 13.4. The fourth-order valence-electron chi connectivity index (χ4n) is 4.16. The van der Waals surface area contributed by atoms with E-state index in [2.05, 4.69) is 20.3 Å². The number of unbranched alkanes of at least 4 members (excludes halogenated alkanes) is 1. The second-order valence-electron chi connectivity index (χ2n) is 8.64. The van der Waals surface area contributed by atoms with Gasteiger partial charge < -0.3 is 5.32 Å². The smallest absolute Gasteiger partial charge is 0.337 e. The van der Waals surface area contributed by atoms with E-state index in [0.29, 0.717) is 29.1 Å². The number of nitrogens with zero attached hydrogens (tertiary/aromatic N) is 4. The molecule has 2 aromatic heterocycles. The predicted molar refractivity (Wildman–Crippen MR) is 132 cm³/mol. The number of nitrogens with one attached hydrogen (secondary N) is 1. The zero-order valence-electron chi connectivity index (χ0n) is 20.0. The van der Waals surface area contributed by atoms with Crippen LogP contribution in [0.15, 0.2) is 47.9 Å². The van der Waals surface area contributed by atoms with Crippen molar-refractivity contribution in [3.8, 4) is 0 Å².